The van der Waals surface area contributed by atoms with E-state index in [0.717, 1.165) is 34.2 Å². The van der Waals surface area contributed by atoms with Gasteiger partial charge in [-0.1, -0.05) is 47.7 Å². The van der Waals surface area contributed by atoms with Gasteiger partial charge >= 0.3 is 5.97 Å². The van der Waals surface area contributed by atoms with Crippen LogP contribution in [0.1, 0.15) is 16.8 Å². The molecule has 160 valence electrons. The third-order valence-electron chi connectivity index (χ3n) is 5.49. The highest BCUT2D eigenvalue weighted by atomic mass is 32.1. The highest BCUT2D eigenvalue weighted by Crippen LogP contribution is 2.41. The Kier molecular flexibility index (Phi) is 4.94. The van der Waals surface area contributed by atoms with Crippen LogP contribution in [0.4, 0.5) is 19.6 Å². The molecule has 0 unspecified atom stereocenters. The fourth-order valence-electron chi connectivity index (χ4n) is 3.68. The molecule has 0 spiro atoms. The van der Waals surface area contributed by atoms with E-state index in [1.807, 2.05) is 36.4 Å². The average molecular weight is 450 g/mol. The van der Waals surface area contributed by atoms with Crippen molar-refractivity contribution in [2.45, 2.75) is 6.42 Å². The fraction of sp³-hybridized carbons (Fsp3) is 0.125. The zero-order valence-corrected chi connectivity index (χ0v) is 17.3. The average Bonchev–Trinajstić information content (AvgIpc) is 3.48. The Balaban J connectivity index is 1.29. The monoisotopic (exact) mass is 450 g/mol. The summed E-state index contributed by atoms with van der Waals surface area (Å²) in [5, 5.41) is 12.6. The third-order valence-corrected chi connectivity index (χ3v) is 6.49. The summed E-state index contributed by atoms with van der Waals surface area (Å²) < 4.78 is 27.5. The minimum absolute atomic E-state index is 0.129. The molecule has 0 aliphatic heterocycles. The smallest absolute Gasteiger partial charge is 0.307 e. The molecule has 1 heterocycles. The van der Waals surface area contributed by atoms with Gasteiger partial charge in [0.15, 0.2) is 10.9 Å². The first-order valence-electron chi connectivity index (χ1n) is 9.89. The Labute approximate surface area is 185 Å². The number of carbonyl (C=O) groups is 2. The number of ketones is 1. The van der Waals surface area contributed by atoms with Crippen molar-refractivity contribution in [2.24, 2.45) is 11.8 Å². The Morgan fingerprint density at radius 3 is 2.25 bits per heavy atom. The zero-order chi connectivity index (χ0) is 22.4. The number of hydrogen-bond acceptors (Lipinski definition) is 5. The van der Waals surface area contributed by atoms with Crippen LogP contribution in [0.25, 0.3) is 21.3 Å². The quantitative estimate of drug-likeness (QED) is 0.358. The lowest BCUT2D eigenvalue weighted by Gasteiger charge is -2.06. The molecule has 0 amide bonds. The number of halogens is 2. The number of thiazole rings is 1. The number of aromatic nitrogens is 1. The normalized spacial score (nSPS) is 17.3. The second kappa shape index (κ2) is 7.80. The first-order valence-corrected chi connectivity index (χ1v) is 10.7. The van der Waals surface area contributed by atoms with Crippen LogP contribution < -0.4 is 5.32 Å². The first kappa shape index (κ1) is 20.3. The standard InChI is InChI=1S/C24H16F2N2O3S/c25-15-9-19(26)22-20(10-15)28-24(32-22)27-16-7-5-13(6-8-16)12-1-3-14(4-2-12)21(29)17-11-18(17)23(30)31/h1-10,17-18H,11H2,(H,27,28)(H,30,31)/t17-,18-/m1/s1. The molecule has 3 aromatic carbocycles. The molecule has 8 heteroatoms. The van der Waals surface area contributed by atoms with E-state index in [-0.39, 0.29) is 11.3 Å². The van der Waals surface area contributed by atoms with E-state index in [4.69, 9.17) is 5.11 Å². The third kappa shape index (κ3) is 3.85. The number of benzene rings is 3. The van der Waals surface area contributed by atoms with Crippen molar-refractivity contribution in [2.75, 3.05) is 5.32 Å². The van der Waals surface area contributed by atoms with Crippen molar-refractivity contribution in [1.29, 1.82) is 0 Å². The first-order chi connectivity index (χ1) is 15.4. The summed E-state index contributed by atoms with van der Waals surface area (Å²) in [6.07, 6.45) is 0.403. The Morgan fingerprint density at radius 1 is 0.969 bits per heavy atom. The molecule has 2 atom stereocenters. The predicted molar refractivity (Wildman–Crippen MR) is 118 cm³/mol. The molecule has 0 bridgehead atoms. The van der Waals surface area contributed by atoms with E-state index in [1.54, 1.807) is 12.1 Å². The van der Waals surface area contributed by atoms with Crippen molar-refractivity contribution < 1.29 is 23.5 Å². The maximum absolute atomic E-state index is 13.9. The maximum Gasteiger partial charge on any atom is 0.307 e. The molecule has 1 saturated carbocycles. The number of anilines is 2. The van der Waals surface area contributed by atoms with Gasteiger partial charge in [0.05, 0.1) is 16.1 Å². The number of hydrogen-bond donors (Lipinski definition) is 2. The second-order valence-corrected chi connectivity index (χ2v) is 8.68. The number of carbonyl (C=O) groups excluding carboxylic acids is 1. The molecule has 1 aromatic heterocycles. The van der Waals surface area contributed by atoms with Crippen LogP contribution >= 0.6 is 11.3 Å². The van der Waals surface area contributed by atoms with Crippen LogP contribution in [0.3, 0.4) is 0 Å². The highest BCUT2D eigenvalue weighted by Gasteiger charge is 2.48. The van der Waals surface area contributed by atoms with Crippen molar-refractivity contribution in [1.82, 2.24) is 4.98 Å². The van der Waals surface area contributed by atoms with E-state index < -0.39 is 29.4 Å². The van der Waals surface area contributed by atoms with Crippen LogP contribution in [-0.4, -0.2) is 21.8 Å². The molecule has 0 saturated heterocycles. The number of aliphatic carboxylic acids is 1. The SMILES string of the molecule is O=C(O)[C@@H]1C[C@H]1C(=O)c1ccc(-c2ccc(Nc3nc4cc(F)cc(F)c4s3)cc2)cc1. The molecule has 1 aliphatic rings. The van der Waals surface area contributed by atoms with Crippen molar-refractivity contribution in [3.8, 4) is 11.1 Å². The molecule has 32 heavy (non-hydrogen) atoms. The Hall–Kier alpha value is -3.65. The van der Waals surface area contributed by atoms with E-state index in [0.29, 0.717) is 21.8 Å². The maximum atomic E-state index is 13.9. The molecule has 0 radical (unpaired) electrons. The number of rotatable bonds is 6. The van der Waals surface area contributed by atoms with Crippen LogP contribution in [0.15, 0.2) is 60.7 Å². The largest absolute Gasteiger partial charge is 0.481 e. The number of Topliss-reactive ketones (excluding diaryl/α,β-unsaturated/α-hetero) is 1. The second-order valence-electron chi connectivity index (χ2n) is 7.69. The van der Waals surface area contributed by atoms with E-state index in [9.17, 15) is 18.4 Å². The van der Waals surface area contributed by atoms with Crippen LogP contribution in [0, 0.1) is 23.5 Å². The van der Waals surface area contributed by atoms with Gasteiger partial charge in [-0.05, 0) is 29.7 Å². The minimum atomic E-state index is -0.920. The van der Waals surface area contributed by atoms with E-state index in [1.165, 1.54) is 6.07 Å². The lowest BCUT2D eigenvalue weighted by Crippen LogP contribution is -2.08. The van der Waals surface area contributed by atoms with Gasteiger partial charge in [0.25, 0.3) is 0 Å². The van der Waals surface area contributed by atoms with E-state index >= 15 is 0 Å². The molecule has 4 aromatic rings. The topological polar surface area (TPSA) is 79.3 Å². The summed E-state index contributed by atoms with van der Waals surface area (Å²) in [5.41, 5.74) is 3.37. The highest BCUT2D eigenvalue weighted by molar-refractivity contribution is 7.22. The van der Waals surface area contributed by atoms with Gasteiger partial charge in [-0.3, -0.25) is 9.59 Å². The lowest BCUT2D eigenvalue weighted by atomic mass is 10.0. The number of carboxylic acids is 1. The Bertz CT molecular complexity index is 1350. The summed E-state index contributed by atoms with van der Waals surface area (Å²) in [4.78, 5) is 27.6. The Morgan fingerprint density at radius 2 is 1.62 bits per heavy atom. The molecule has 2 N–H and O–H groups in total. The van der Waals surface area contributed by atoms with Crippen LogP contribution in [0.2, 0.25) is 0 Å². The number of carboxylic acid groups (broad SMARTS) is 1. The van der Waals surface area contributed by atoms with E-state index in [2.05, 4.69) is 10.3 Å². The minimum Gasteiger partial charge on any atom is -0.481 e. The summed E-state index contributed by atoms with van der Waals surface area (Å²) in [5.74, 6) is -3.33. The van der Waals surface area contributed by atoms with Crippen molar-refractivity contribution in [3.05, 3.63) is 77.9 Å². The summed E-state index contributed by atoms with van der Waals surface area (Å²) in [6, 6.07) is 16.6. The lowest BCUT2D eigenvalue weighted by molar-refractivity contribution is -0.138. The molecule has 1 aliphatic carbocycles. The summed E-state index contributed by atoms with van der Waals surface area (Å²) >= 11 is 1.11. The molecule has 5 nitrogen and oxygen atoms in total. The molecule has 1 fully saturated rings. The number of nitrogens with zero attached hydrogens (tertiary/aromatic N) is 1. The van der Waals surface area contributed by atoms with Gasteiger partial charge in [0.2, 0.25) is 0 Å². The molecular formula is C24H16F2N2O3S. The summed E-state index contributed by atoms with van der Waals surface area (Å²) in [6.45, 7) is 0. The molecule has 5 rings (SSSR count). The summed E-state index contributed by atoms with van der Waals surface area (Å²) in [7, 11) is 0. The van der Waals surface area contributed by atoms with Crippen LogP contribution in [-0.2, 0) is 4.79 Å². The zero-order valence-electron chi connectivity index (χ0n) is 16.5. The van der Waals surface area contributed by atoms with Gasteiger partial charge < -0.3 is 10.4 Å². The number of nitrogens with one attached hydrogen (secondary N) is 1. The molecular weight excluding hydrogens is 434 g/mol. The van der Waals surface area contributed by atoms with Crippen molar-refractivity contribution in [3.63, 3.8) is 0 Å². The van der Waals surface area contributed by atoms with Gasteiger partial charge in [0, 0.05) is 29.3 Å². The van der Waals surface area contributed by atoms with Crippen molar-refractivity contribution >= 4 is 44.1 Å². The fourth-order valence-corrected chi connectivity index (χ4v) is 4.55. The van der Waals surface area contributed by atoms with Gasteiger partial charge in [-0.2, -0.15) is 0 Å². The predicted octanol–water partition coefficient (Wildman–Crippen LogP) is 5.89. The van der Waals surface area contributed by atoms with Gasteiger partial charge in [0.1, 0.15) is 11.6 Å². The van der Waals surface area contributed by atoms with Gasteiger partial charge in [-0.25, -0.2) is 13.8 Å². The van der Waals surface area contributed by atoms with Gasteiger partial charge in [-0.15, -0.1) is 0 Å². The van der Waals surface area contributed by atoms with Crippen LogP contribution in [0.5, 0.6) is 0 Å². The number of fused-ring (bicyclic) bond motifs is 1.